The van der Waals surface area contributed by atoms with Gasteiger partial charge < -0.3 is 24.0 Å². The molecule has 290 valence electrons. The van der Waals surface area contributed by atoms with E-state index >= 15 is 0 Å². The third kappa shape index (κ3) is 7.32. The number of nitrogens with one attached hydrogen (secondary N) is 1. The highest BCUT2D eigenvalue weighted by Gasteiger charge is 2.49. The van der Waals surface area contributed by atoms with Crippen LogP contribution in [0.4, 0.5) is 5.69 Å². The van der Waals surface area contributed by atoms with E-state index in [9.17, 15) is 18.3 Å². The van der Waals surface area contributed by atoms with Crippen LogP contribution >= 0.6 is 11.6 Å². The second kappa shape index (κ2) is 14.9. The number of β-amino-alcohol motifs (C(OH)–C–C–N with tert-alkyl or cyclic N) is 1. The fourth-order valence-electron chi connectivity index (χ4n) is 9.57. The molecule has 5 aliphatic rings. The van der Waals surface area contributed by atoms with Crippen LogP contribution in [0.15, 0.2) is 67.3 Å². The summed E-state index contributed by atoms with van der Waals surface area (Å²) in [4.78, 5) is 22.6. The maximum atomic E-state index is 13.6. The zero-order chi connectivity index (χ0) is 37.7. The number of amides is 1. The van der Waals surface area contributed by atoms with Gasteiger partial charge in [-0.15, -0.1) is 0 Å². The molecule has 1 aromatic heterocycles. The summed E-state index contributed by atoms with van der Waals surface area (Å²) < 4.78 is 44.2. The van der Waals surface area contributed by atoms with Gasteiger partial charge in [0.25, 0.3) is 5.91 Å². The summed E-state index contributed by atoms with van der Waals surface area (Å²) in [5.74, 6) is -0.174. The number of imidazole rings is 1. The van der Waals surface area contributed by atoms with Gasteiger partial charge in [0.15, 0.2) is 0 Å². The number of sulfonamides is 1. The number of anilines is 1. The van der Waals surface area contributed by atoms with E-state index in [-0.39, 0.29) is 34.8 Å². The van der Waals surface area contributed by atoms with Gasteiger partial charge in [-0.3, -0.25) is 9.69 Å². The lowest BCUT2D eigenvalue weighted by atomic mass is 9.63. The number of rotatable bonds is 4. The van der Waals surface area contributed by atoms with Gasteiger partial charge in [0.2, 0.25) is 10.0 Å². The lowest BCUT2D eigenvalue weighted by Gasteiger charge is -2.51. The number of allylic oxidation sites excluding steroid dienone is 1. The number of aliphatic hydroxyl groups is 1. The lowest BCUT2D eigenvalue weighted by Crippen LogP contribution is -2.59. The molecule has 3 aromatic rings. The zero-order valence-corrected chi connectivity index (χ0v) is 32.8. The molecule has 2 bridgehead atoms. The van der Waals surface area contributed by atoms with Crippen LogP contribution < -0.4 is 14.4 Å². The van der Waals surface area contributed by atoms with Gasteiger partial charge in [-0.25, -0.2) is 18.1 Å². The molecule has 1 saturated heterocycles. The Labute approximate surface area is 323 Å². The molecule has 4 heterocycles. The standard InChI is InChI=1S/C41H52ClN5O6S/c1-28-5-3-14-41(49,25-46-17-18-52-23-34(46)22-45-16-15-43-27-45)36-10-7-32(36)21-47-24-40(13-4-6-30-19-33(42)9-11-35(30)40)26-53-38-12-8-31(20-37(38)47)39(48)44-54(50,51)29(28)2/h3,8-9,11-12,14-16,19-20,27-29,32,34,36,49H,4-7,10,13,17-18,21-26H2,1-2H3,(H,44,48)/b14-3-/t28-,29+,32-,34-,36+,40-,41+/m0/s1. The van der Waals surface area contributed by atoms with Crippen LogP contribution in [0.5, 0.6) is 5.75 Å². The first-order chi connectivity index (χ1) is 25.9. The predicted molar refractivity (Wildman–Crippen MR) is 209 cm³/mol. The van der Waals surface area contributed by atoms with E-state index in [1.165, 1.54) is 11.1 Å². The minimum Gasteiger partial charge on any atom is -0.490 e. The molecule has 1 saturated carbocycles. The van der Waals surface area contributed by atoms with Gasteiger partial charge in [-0.05, 0) is 105 Å². The number of aromatic nitrogens is 2. The molecule has 1 amide bonds. The zero-order valence-electron chi connectivity index (χ0n) is 31.2. The molecule has 1 spiro atoms. The number of fused-ring (bicyclic) bond motifs is 4. The van der Waals surface area contributed by atoms with E-state index in [1.54, 1.807) is 31.3 Å². The second-order valence-corrected chi connectivity index (χ2v) is 19.0. The van der Waals surface area contributed by atoms with Crippen molar-refractivity contribution in [1.82, 2.24) is 19.2 Å². The van der Waals surface area contributed by atoms with Crippen molar-refractivity contribution in [2.45, 2.75) is 81.2 Å². The van der Waals surface area contributed by atoms with Crippen molar-refractivity contribution >= 4 is 33.2 Å². The van der Waals surface area contributed by atoms with Crippen LogP contribution in [-0.4, -0.2) is 96.8 Å². The van der Waals surface area contributed by atoms with E-state index in [2.05, 4.69) is 36.2 Å². The van der Waals surface area contributed by atoms with E-state index in [4.69, 9.17) is 21.1 Å². The lowest BCUT2D eigenvalue weighted by molar-refractivity contribution is -0.0954. The monoisotopic (exact) mass is 777 g/mol. The summed E-state index contributed by atoms with van der Waals surface area (Å²) in [7, 11) is -4.01. The molecule has 54 heavy (non-hydrogen) atoms. The Morgan fingerprint density at radius 1 is 1.15 bits per heavy atom. The number of ether oxygens (including phenoxy) is 2. The topological polar surface area (TPSA) is 126 Å². The molecule has 2 fully saturated rings. The molecular formula is C41H52ClN5O6S. The van der Waals surface area contributed by atoms with E-state index in [0.29, 0.717) is 64.7 Å². The fourth-order valence-corrected chi connectivity index (χ4v) is 11.1. The highest BCUT2D eigenvalue weighted by atomic mass is 35.5. The van der Waals surface area contributed by atoms with Crippen LogP contribution in [0.25, 0.3) is 0 Å². The number of carbonyl (C=O) groups is 1. The number of carbonyl (C=O) groups excluding carboxylic acids is 1. The number of hydrogen-bond donors (Lipinski definition) is 2. The summed E-state index contributed by atoms with van der Waals surface area (Å²) in [6.45, 7) is 8.28. The smallest absolute Gasteiger partial charge is 0.264 e. The van der Waals surface area contributed by atoms with Crippen LogP contribution in [0.3, 0.4) is 0 Å². The van der Waals surface area contributed by atoms with Crippen molar-refractivity contribution in [3.8, 4) is 5.75 Å². The largest absolute Gasteiger partial charge is 0.490 e. The molecule has 2 N–H and O–H groups in total. The van der Waals surface area contributed by atoms with Crippen molar-refractivity contribution in [2.75, 3.05) is 50.9 Å². The first-order valence-electron chi connectivity index (χ1n) is 19.5. The first kappa shape index (κ1) is 37.5. The van der Waals surface area contributed by atoms with Crippen molar-refractivity contribution in [1.29, 1.82) is 0 Å². The quantitative estimate of drug-likeness (QED) is 0.344. The number of halogens is 1. The Hall–Kier alpha value is -3.42. The van der Waals surface area contributed by atoms with E-state index in [0.717, 1.165) is 42.8 Å². The number of hydrogen-bond acceptors (Lipinski definition) is 9. The van der Waals surface area contributed by atoms with Gasteiger partial charge in [-0.1, -0.05) is 36.7 Å². The molecule has 0 unspecified atom stereocenters. The number of benzene rings is 2. The highest BCUT2D eigenvalue weighted by Crippen LogP contribution is 2.48. The van der Waals surface area contributed by atoms with Gasteiger partial charge in [0, 0.05) is 61.1 Å². The molecule has 8 rings (SSSR count). The Balaban J connectivity index is 1.18. The van der Waals surface area contributed by atoms with Crippen LogP contribution in [0, 0.1) is 17.8 Å². The highest BCUT2D eigenvalue weighted by molar-refractivity contribution is 7.90. The Bertz CT molecular complexity index is 1990. The van der Waals surface area contributed by atoms with E-state index < -0.39 is 26.8 Å². The molecule has 2 aromatic carbocycles. The van der Waals surface area contributed by atoms with Crippen molar-refractivity contribution < 1.29 is 27.8 Å². The summed E-state index contributed by atoms with van der Waals surface area (Å²) in [5, 5.41) is 12.8. The van der Waals surface area contributed by atoms with Gasteiger partial charge >= 0.3 is 0 Å². The molecule has 3 aliphatic heterocycles. The average molecular weight is 778 g/mol. The molecule has 0 radical (unpaired) electrons. The minimum atomic E-state index is -4.01. The maximum Gasteiger partial charge on any atom is 0.264 e. The van der Waals surface area contributed by atoms with Crippen molar-refractivity contribution in [2.24, 2.45) is 17.8 Å². The predicted octanol–water partition coefficient (Wildman–Crippen LogP) is 5.21. The summed E-state index contributed by atoms with van der Waals surface area (Å²) in [6, 6.07) is 11.5. The summed E-state index contributed by atoms with van der Waals surface area (Å²) in [6.07, 6.45) is 14.6. The maximum absolute atomic E-state index is 13.6. The number of aryl methyl sites for hydroxylation is 1. The third-order valence-corrected chi connectivity index (χ3v) is 15.2. The fraction of sp³-hybridized carbons (Fsp3) is 0.561. The Morgan fingerprint density at radius 3 is 2.81 bits per heavy atom. The Morgan fingerprint density at radius 2 is 2.02 bits per heavy atom. The normalized spacial score (nSPS) is 33.4. The average Bonchev–Trinajstić information content (AvgIpc) is 3.59. The third-order valence-electron chi connectivity index (χ3n) is 13.0. The minimum absolute atomic E-state index is 0.0395. The summed E-state index contributed by atoms with van der Waals surface area (Å²) >= 11 is 6.49. The second-order valence-electron chi connectivity index (χ2n) is 16.5. The van der Waals surface area contributed by atoms with Gasteiger partial charge in [0.05, 0.1) is 48.7 Å². The van der Waals surface area contributed by atoms with Crippen LogP contribution in [0.2, 0.25) is 5.02 Å². The van der Waals surface area contributed by atoms with E-state index in [1.807, 2.05) is 37.7 Å². The van der Waals surface area contributed by atoms with Crippen LogP contribution in [-0.2, 0) is 33.1 Å². The van der Waals surface area contributed by atoms with Gasteiger partial charge in [-0.2, -0.15) is 0 Å². The molecular weight excluding hydrogens is 726 g/mol. The number of nitrogens with zero attached hydrogens (tertiary/aromatic N) is 4. The van der Waals surface area contributed by atoms with Crippen LogP contribution in [0.1, 0.15) is 67.4 Å². The molecule has 7 atom stereocenters. The molecule has 11 nitrogen and oxygen atoms in total. The van der Waals surface area contributed by atoms with Crippen molar-refractivity contribution in [3.63, 3.8) is 0 Å². The van der Waals surface area contributed by atoms with Crippen molar-refractivity contribution in [3.05, 3.63) is 89.0 Å². The number of morpholine rings is 1. The molecule has 13 heteroatoms. The SMILES string of the molecule is C[C@@H]1[C@@H](C)C/C=C\[C@@](O)(CN2CCOC[C@@H]2Cn2ccnc2)[C@@H]2CC[C@H]2CN2C[C@@]3(CCCc4cc(Cl)ccc43)COc3ccc(cc32)C(=O)NS1(=O)=O. The first-order valence-corrected chi connectivity index (χ1v) is 21.4. The Kier molecular flexibility index (Phi) is 10.4. The summed E-state index contributed by atoms with van der Waals surface area (Å²) in [5.41, 5.74) is 2.03. The molecule has 2 aliphatic carbocycles. The van der Waals surface area contributed by atoms with Gasteiger partial charge in [0.1, 0.15) is 5.75 Å².